The quantitative estimate of drug-likeness (QED) is 0.0790. The van der Waals surface area contributed by atoms with Gasteiger partial charge in [-0.15, -0.1) is 0 Å². The molecule has 1 fully saturated rings. The Morgan fingerprint density at radius 3 is 2.61 bits per heavy atom. The van der Waals surface area contributed by atoms with Crippen LogP contribution in [0.1, 0.15) is 89.5 Å². The van der Waals surface area contributed by atoms with Gasteiger partial charge in [-0.1, -0.05) is 67.1 Å². The van der Waals surface area contributed by atoms with E-state index in [1.54, 1.807) is 0 Å². The monoisotopic (exact) mass is 547 g/mol. The Bertz CT molecular complexity index is 1390. The number of carbonyl (C=O) groups excluding carboxylic acids is 1. The molecule has 0 radical (unpaired) electrons. The minimum Gasteiger partial charge on any atom is -0.494 e. The fourth-order valence-corrected chi connectivity index (χ4v) is 6.66. The lowest BCUT2D eigenvalue weighted by Gasteiger charge is -2.14. The molecule has 0 spiro atoms. The molecule has 3 heteroatoms. The largest absolute Gasteiger partial charge is 0.494 e. The van der Waals surface area contributed by atoms with Crippen LogP contribution < -0.4 is 4.74 Å². The Morgan fingerprint density at radius 1 is 0.951 bits per heavy atom. The molecular formula is C38H45NO2. The number of hydrogen-bond acceptors (Lipinski definition) is 3. The lowest BCUT2D eigenvalue weighted by atomic mass is 9.92. The first-order valence-corrected chi connectivity index (χ1v) is 15.5. The number of fused-ring (bicyclic) bond motifs is 1. The Balaban J connectivity index is 1.14. The summed E-state index contributed by atoms with van der Waals surface area (Å²) in [5.74, 6) is 2.35. The molecule has 5 rings (SSSR count). The van der Waals surface area contributed by atoms with E-state index in [0.717, 1.165) is 66.4 Å². The maximum absolute atomic E-state index is 13.4. The van der Waals surface area contributed by atoms with Gasteiger partial charge in [-0.25, -0.2) is 0 Å². The van der Waals surface area contributed by atoms with E-state index in [2.05, 4.69) is 73.1 Å². The summed E-state index contributed by atoms with van der Waals surface area (Å²) < 4.78 is 6.16. The Hall–Kier alpha value is -3.46. The van der Waals surface area contributed by atoms with E-state index in [4.69, 9.17) is 4.74 Å². The molecule has 0 N–H and O–H groups in total. The third-order valence-electron chi connectivity index (χ3n) is 9.10. The zero-order chi connectivity index (χ0) is 28.6. The van der Waals surface area contributed by atoms with Crippen molar-refractivity contribution in [1.29, 1.82) is 0 Å². The van der Waals surface area contributed by atoms with Crippen molar-refractivity contribution in [2.24, 2.45) is 16.8 Å². The average molecular weight is 548 g/mol. The molecule has 0 heterocycles. The van der Waals surface area contributed by atoms with Crippen molar-refractivity contribution >= 4 is 11.5 Å². The van der Waals surface area contributed by atoms with Gasteiger partial charge in [0, 0.05) is 31.2 Å². The Labute approximate surface area is 246 Å². The van der Waals surface area contributed by atoms with Gasteiger partial charge in [-0.2, -0.15) is 0 Å². The number of hydrogen-bond donors (Lipinski definition) is 0. The smallest absolute Gasteiger partial charge is 0.163 e. The van der Waals surface area contributed by atoms with Gasteiger partial charge in [0.2, 0.25) is 0 Å². The summed E-state index contributed by atoms with van der Waals surface area (Å²) in [4.78, 5) is 18.0. The highest BCUT2D eigenvalue weighted by Gasteiger charge is 2.25. The maximum atomic E-state index is 13.4. The molecule has 3 aromatic carbocycles. The highest BCUT2D eigenvalue weighted by Crippen LogP contribution is 2.33. The summed E-state index contributed by atoms with van der Waals surface area (Å²) in [5, 5.41) is 0. The fourth-order valence-electron chi connectivity index (χ4n) is 6.66. The number of nitrogens with zero attached hydrogens (tertiary/aromatic N) is 1. The minimum atomic E-state index is 0.220. The number of Topliss-reactive ketones (excluding diaryl/α,β-unsaturated/α-hetero) is 1. The topological polar surface area (TPSA) is 38.7 Å². The third kappa shape index (κ3) is 7.85. The van der Waals surface area contributed by atoms with Crippen molar-refractivity contribution in [2.45, 2.75) is 77.6 Å². The first-order chi connectivity index (χ1) is 20.0. The van der Waals surface area contributed by atoms with Crippen molar-refractivity contribution in [3.8, 4) is 5.75 Å². The third-order valence-corrected chi connectivity index (χ3v) is 9.10. The fraction of sp³-hybridized carbons (Fsp3) is 0.421. The van der Waals surface area contributed by atoms with Gasteiger partial charge in [0.1, 0.15) is 5.75 Å². The zero-order valence-electron chi connectivity index (χ0n) is 25.0. The van der Waals surface area contributed by atoms with Crippen LogP contribution in [0.3, 0.4) is 0 Å². The van der Waals surface area contributed by atoms with Gasteiger partial charge in [-0.3, -0.25) is 9.79 Å². The minimum absolute atomic E-state index is 0.220. The SMILES string of the molecule is C=C1CCCC(CCCOc2ccc3c(c2)CC(CC(=O)c2ccc(C)c(C(Cc4ccccc4)=NC)c2)C3)CC1. The predicted molar refractivity (Wildman–Crippen MR) is 171 cm³/mol. The second kappa shape index (κ2) is 13.9. The lowest BCUT2D eigenvalue weighted by molar-refractivity contribution is 0.0963. The van der Waals surface area contributed by atoms with Gasteiger partial charge in [0.25, 0.3) is 0 Å². The van der Waals surface area contributed by atoms with Crippen LogP contribution >= 0.6 is 0 Å². The van der Waals surface area contributed by atoms with Crippen LogP contribution in [-0.4, -0.2) is 25.1 Å². The van der Waals surface area contributed by atoms with Crippen molar-refractivity contribution in [3.05, 3.63) is 112 Å². The highest BCUT2D eigenvalue weighted by atomic mass is 16.5. The second-order valence-electron chi connectivity index (χ2n) is 12.2. The highest BCUT2D eigenvalue weighted by molar-refractivity contribution is 6.05. The van der Waals surface area contributed by atoms with E-state index in [-0.39, 0.29) is 5.78 Å². The van der Waals surface area contributed by atoms with E-state index in [9.17, 15) is 4.79 Å². The van der Waals surface area contributed by atoms with Crippen LogP contribution in [0.2, 0.25) is 0 Å². The molecule has 214 valence electrons. The summed E-state index contributed by atoms with van der Waals surface area (Å²) in [7, 11) is 1.84. The molecule has 2 aliphatic rings. The predicted octanol–water partition coefficient (Wildman–Crippen LogP) is 8.94. The molecule has 0 bridgehead atoms. The first-order valence-electron chi connectivity index (χ1n) is 15.5. The van der Waals surface area contributed by atoms with Crippen LogP contribution in [0.5, 0.6) is 5.75 Å². The summed E-state index contributed by atoms with van der Waals surface area (Å²) in [6.07, 6.45) is 11.9. The van der Waals surface area contributed by atoms with E-state index in [0.29, 0.717) is 12.3 Å². The first kappa shape index (κ1) is 29.0. The summed E-state index contributed by atoms with van der Waals surface area (Å²) in [5.41, 5.74) is 9.40. The standard InChI is InChI=1S/C38H45NO2/c1-27-9-7-12-29(16-14-27)13-8-20-41-35-19-18-32-21-31(22-34(32)25-35)24-38(40)33-17-15-28(2)36(26-33)37(39-3)23-30-10-5-4-6-11-30/h4-6,10-11,15,17-19,25-26,29,31H,1,7-9,12-14,16,20-24H2,2-3H3. The molecule has 0 aromatic heterocycles. The van der Waals surface area contributed by atoms with Gasteiger partial charge >= 0.3 is 0 Å². The second-order valence-corrected chi connectivity index (χ2v) is 12.2. The van der Waals surface area contributed by atoms with Gasteiger partial charge in [0.05, 0.1) is 6.61 Å². The van der Waals surface area contributed by atoms with Gasteiger partial charge < -0.3 is 4.74 Å². The number of ether oxygens (including phenoxy) is 1. The normalized spacial score (nSPS) is 19.1. The summed E-state index contributed by atoms with van der Waals surface area (Å²) in [6.45, 7) is 7.07. The molecule has 0 amide bonds. The Morgan fingerprint density at radius 2 is 1.78 bits per heavy atom. The number of benzene rings is 3. The van der Waals surface area contributed by atoms with Crippen molar-refractivity contribution in [3.63, 3.8) is 0 Å². The van der Waals surface area contributed by atoms with Crippen LogP contribution in [0, 0.1) is 18.8 Å². The average Bonchev–Trinajstić information content (AvgIpc) is 3.26. The molecular weight excluding hydrogens is 502 g/mol. The number of aliphatic imine (C=N–C) groups is 1. The van der Waals surface area contributed by atoms with Crippen molar-refractivity contribution < 1.29 is 9.53 Å². The van der Waals surface area contributed by atoms with E-state index < -0.39 is 0 Å². The molecule has 1 saturated carbocycles. The van der Waals surface area contributed by atoms with E-state index in [1.807, 2.05) is 19.2 Å². The molecule has 3 nitrogen and oxygen atoms in total. The van der Waals surface area contributed by atoms with Gasteiger partial charge in [-0.05, 0) is 116 Å². The van der Waals surface area contributed by atoms with E-state index >= 15 is 0 Å². The van der Waals surface area contributed by atoms with Crippen LogP contribution in [0.15, 0.2) is 83.9 Å². The summed E-state index contributed by atoms with van der Waals surface area (Å²) >= 11 is 0. The maximum Gasteiger partial charge on any atom is 0.163 e. The molecule has 41 heavy (non-hydrogen) atoms. The Kier molecular flexibility index (Phi) is 9.88. The number of allylic oxidation sites excluding steroid dienone is 1. The van der Waals surface area contributed by atoms with Crippen LogP contribution in [0.4, 0.5) is 0 Å². The number of carbonyl (C=O) groups is 1. The molecule has 2 atom stereocenters. The number of rotatable bonds is 11. The molecule has 0 saturated heterocycles. The van der Waals surface area contributed by atoms with Crippen LogP contribution in [-0.2, 0) is 19.3 Å². The molecule has 0 aliphatic heterocycles. The molecule has 3 aromatic rings. The van der Waals surface area contributed by atoms with Crippen molar-refractivity contribution in [1.82, 2.24) is 0 Å². The lowest BCUT2D eigenvalue weighted by Crippen LogP contribution is -2.12. The van der Waals surface area contributed by atoms with Crippen molar-refractivity contribution in [2.75, 3.05) is 13.7 Å². The number of ketones is 1. The van der Waals surface area contributed by atoms with E-state index in [1.165, 1.54) is 60.8 Å². The number of aryl methyl sites for hydroxylation is 1. The van der Waals surface area contributed by atoms with Gasteiger partial charge in [0.15, 0.2) is 5.78 Å². The molecule has 2 unspecified atom stereocenters. The molecule has 2 aliphatic carbocycles. The summed E-state index contributed by atoms with van der Waals surface area (Å²) in [6, 6.07) is 23.0. The van der Waals surface area contributed by atoms with Crippen LogP contribution in [0.25, 0.3) is 0 Å². The zero-order valence-corrected chi connectivity index (χ0v) is 25.0.